The van der Waals surface area contributed by atoms with Crippen LogP contribution in [-0.4, -0.2) is 24.3 Å². The van der Waals surface area contributed by atoms with E-state index in [1.807, 2.05) is 6.92 Å². The number of Topliss-reactive ketones (excluding diaryl/α,β-unsaturated/α-hetero) is 1. The Balaban J connectivity index is 1.82. The van der Waals surface area contributed by atoms with Crippen molar-refractivity contribution in [2.75, 3.05) is 11.9 Å². The number of alkyl halides is 3. The Morgan fingerprint density at radius 1 is 1.03 bits per heavy atom. The van der Waals surface area contributed by atoms with Crippen LogP contribution in [0.5, 0.6) is 0 Å². The molecule has 0 spiro atoms. The van der Waals surface area contributed by atoms with Crippen LogP contribution in [0.3, 0.4) is 0 Å². The molecule has 0 aromatic heterocycles. The molecule has 2 rings (SSSR count). The average Bonchev–Trinajstić information content (AvgIpc) is 2.71. The van der Waals surface area contributed by atoms with Gasteiger partial charge >= 0.3 is 12.1 Å². The average molecular weight is 442 g/mol. The number of anilines is 1. The first-order chi connectivity index (χ1) is 14.1. The number of nitrogens with one attached hydrogen (secondary N) is 1. The van der Waals surface area contributed by atoms with Gasteiger partial charge in [-0.2, -0.15) is 13.2 Å². The summed E-state index contributed by atoms with van der Waals surface area (Å²) < 4.78 is 43.1. The molecule has 5 nitrogen and oxygen atoms in total. The zero-order valence-corrected chi connectivity index (χ0v) is 16.8. The molecule has 2 aromatic carbocycles. The third-order valence-electron chi connectivity index (χ3n) is 4.17. The molecule has 0 aliphatic carbocycles. The van der Waals surface area contributed by atoms with Gasteiger partial charge in [0, 0.05) is 12.0 Å². The number of aryl methyl sites for hydroxylation is 1. The van der Waals surface area contributed by atoms with Gasteiger partial charge in [-0.3, -0.25) is 14.4 Å². The molecule has 0 atom stereocenters. The predicted octanol–water partition coefficient (Wildman–Crippen LogP) is 5.07. The second kappa shape index (κ2) is 10.2. The highest BCUT2D eigenvalue weighted by Crippen LogP contribution is 2.33. The van der Waals surface area contributed by atoms with Gasteiger partial charge in [-0.15, -0.1) is 0 Å². The molecule has 0 heterocycles. The molecule has 0 aliphatic heterocycles. The van der Waals surface area contributed by atoms with Gasteiger partial charge < -0.3 is 10.1 Å². The summed E-state index contributed by atoms with van der Waals surface area (Å²) in [5.74, 6) is -1.88. The molecule has 0 saturated heterocycles. The van der Waals surface area contributed by atoms with Crippen molar-refractivity contribution in [3.8, 4) is 0 Å². The Hall–Kier alpha value is -2.87. The molecule has 9 heteroatoms. The van der Waals surface area contributed by atoms with Crippen molar-refractivity contribution in [3.63, 3.8) is 0 Å². The number of carbonyl (C=O) groups excluding carboxylic acids is 3. The summed E-state index contributed by atoms with van der Waals surface area (Å²) in [7, 11) is 0. The molecular formula is C21H19ClF3NO4. The SMILES string of the molecule is CCc1ccc(C(=O)COC(=O)CCC(=O)Nc2cc(C(F)(F)F)ccc2Cl)cc1. The molecular weight excluding hydrogens is 423 g/mol. The smallest absolute Gasteiger partial charge is 0.416 e. The Morgan fingerprint density at radius 2 is 1.70 bits per heavy atom. The van der Waals surface area contributed by atoms with Crippen LogP contribution in [0.1, 0.15) is 41.3 Å². The Morgan fingerprint density at radius 3 is 2.30 bits per heavy atom. The molecule has 1 amide bonds. The molecule has 0 fully saturated rings. The lowest BCUT2D eigenvalue weighted by molar-refractivity contribution is -0.143. The minimum atomic E-state index is -4.59. The molecule has 160 valence electrons. The number of halogens is 4. The van der Waals surface area contributed by atoms with E-state index in [1.165, 1.54) is 0 Å². The second-order valence-corrected chi connectivity index (χ2v) is 6.78. The van der Waals surface area contributed by atoms with E-state index in [2.05, 4.69) is 5.32 Å². The highest BCUT2D eigenvalue weighted by atomic mass is 35.5. The molecule has 0 bridgehead atoms. The third-order valence-corrected chi connectivity index (χ3v) is 4.50. The summed E-state index contributed by atoms with van der Waals surface area (Å²) in [6.45, 7) is 1.51. The molecule has 30 heavy (non-hydrogen) atoms. The second-order valence-electron chi connectivity index (χ2n) is 6.37. The number of rotatable bonds is 8. The number of benzene rings is 2. The quantitative estimate of drug-likeness (QED) is 0.458. The number of hydrogen-bond donors (Lipinski definition) is 1. The lowest BCUT2D eigenvalue weighted by atomic mass is 10.1. The maximum absolute atomic E-state index is 12.8. The number of carbonyl (C=O) groups is 3. The van der Waals surface area contributed by atoms with Crippen LogP contribution < -0.4 is 5.32 Å². The van der Waals surface area contributed by atoms with Gasteiger partial charge in [0.2, 0.25) is 5.91 Å². The Labute approximate surface area is 176 Å². The van der Waals surface area contributed by atoms with E-state index in [1.54, 1.807) is 24.3 Å². The summed E-state index contributed by atoms with van der Waals surface area (Å²) in [5.41, 5.74) is 0.287. The van der Waals surface area contributed by atoms with Gasteiger partial charge in [0.05, 0.1) is 22.7 Å². The maximum Gasteiger partial charge on any atom is 0.416 e. The van der Waals surface area contributed by atoms with Crippen LogP contribution in [0.25, 0.3) is 0 Å². The fourth-order valence-electron chi connectivity index (χ4n) is 2.45. The van der Waals surface area contributed by atoms with Crippen LogP contribution in [0.4, 0.5) is 18.9 Å². The first kappa shape index (κ1) is 23.4. The number of hydrogen-bond acceptors (Lipinski definition) is 4. The van der Waals surface area contributed by atoms with E-state index in [0.717, 1.165) is 24.1 Å². The molecule has 0 unspecified atom stereocenters. The van der Waals surface area contributed by atoms with Gasteiger partial charge in [-0.1, -0.05) is 42.8 Å². The highest BCUT2D eigenvalue weighted by Gasteiger charge is 2.31. The van der Waals surface area contributed by atoms with Crippen molar-refractivity contribution in [1.29, 1.82) is 0 Å². The highest BCUT2D eigenvalue weighted by molar-refractivity contribution is 6.33. The van der Waals surface area contributed by atoms with Crippen molar-refractivity contribution in [3.05, 3.63) is 64.2 Å². The number of esters is 1. The summed E-state index contributed by atoms with van der Waals surface area (Å²) in [4.78, 5) is 35.7. The lowest BCUT2D eigenvalue weighted by Gasteiger charge is -2.11. The van der Waals surface area contributed by atoms with Crippen LogP contribution in [0.2, 0.25) is 5.02 Å². The fraction of sp³-hybridized carbons (Fsp3) is 0.286. The van der Waals surface area contributed by atoms with Gasteiger partial charge in [-0.25, -0.2) is 0 Å². The summed E-state index contributed by atoms with van der Waals surface area (Å²) in [6.07, 6.45) is -4.44. The van der Waals surface area contributed by atoms with Crippen molar-refractivity contribution in [1.82, 2.24) is 0 Å². The van der Waals surface area contributed by atoms with E-state index in [4.69, 9.17) is 16.3 Å². The standard InChI is InChI=1S/C21H19ClF3NO4/c1-2-13-3-5-14(6-4-13)18(27)12-30-20(29)10-9-19(28)26-17-11-15(21(23,24)25)7-8-16(17)22/h3-8,11H,2,9-10,12H2,1H3,(H,26,28). The molecule has 0 radical (unpaired) electrons. The van der Waals surface area contributed by atoms with E-state index in [9.17, 15) is 27.6 Å². The van der Waals surface area contributed by atoms with Crippen LogP contribution in [-0.2, 0) is 26.9 Å². The zero-order chi connectivity index (χ0) is 22.3. The summed E-state index contributed by atoms with van der Waals surface area (Å²) >= 11 is 5.80. The number of ketones is 1. The molecule has 2 aromatic rings. The first-order valence-electron chi connectivity index (χ1n) is 9.04. The topological polar surface area (TPSA) is 72.5 Å². The van der Waals surface area contributed by atoms with Crippen LogP contribution >= 0.6 is 11.6 Å². The Kier molecular flexibility index (Phi) is 8.00. The van der Waals surface area contributed by atoms with Gasteiger partial charge in [-0.05, 0) is 30.2 Å². The van der Waals surface area contributed by atoms with Crippen LogP contribution in [0.15, 0.2) is 42.5 Å². The maximum atomic E-state index is 12.8. The summed E-state index contributed by atoms with van der Waals surface area (Å²) in [5, 5.41) is 2.16. The summed E-state index contributed by atoms with van der Waals surface area (Å²) in [6, 6.07) is 9.41. The lowest BCUT2D eigenvalue weighted by Crippen LogP contribution is -2.18. The number of ether oxygens (including phenoxy) is 1. The van der Waals surface area contributed by atoms with Gasteiger partial charge in [0.1, 0.15) is 0 Å². The van der Waals surface area contributed by atoms with E-state index in [-0.39, 0.29) is 29.3 Å². The van der Waals surface area contributed by atoms with Crippen molar-refractivity contribution in [2.24, 2.45) is 0 Å². The van der Waals surface area contributed by atoms with Crippen molar-refractivity contribution < 1.29 is 32.3 Å². The molecule has 0 aliphatic rings. The normalized spacial score (nSPS) is 11.1. The van der Waals surface area contributed by atoms with E-state index in [0.29, 0.717) is 11.6 Å². The molecule has 1 N–H and O–H groups in total. The third kappa shape index (κ3) is 6.88. The van der Waals surface area contributed by atoms with Gasteiger partial charge in [0.25, 0.3) is 0 Å². The Bertz CT molecular complexity index is 927. The largest absolute Gasteiger partial charge is 0.457 e. The van der Waals surface area contributed by atoms with E-state index < -0.39 is 30.2 Å². The minimum Gasteiger partial charge on any atom is -0.457 e. The number of amides is 1. The zero-order valence-electron chi connectivity index (χ0n) is 16.0. The first-order valence-corrected chi connectivity index (χ1v) is 9.42. The van der Waals surface area contributed by atoms with E-state index >= 15 is 0 Å². The predicted molar refractivity (Wildman–Crippen MR) is 105 cm³/mol. The van der Waals surface area contributed by atoms with Crippen LogP contribution in [0, 0.1) is 0 Å². The van der Waals surface area contributed by atoms with Crippen molar-refractivity contribution >= 4 is 34.9 Å². The minimum absolute atomic E-state index is 0.0707. The fourth-order valence-corrected chi connectivity index (χ4v) is 2.62. The van der Waals surface area contributed by atoms with Gasteiger partial charge in [0.15, 0.2) is 12.4 Å². The van der Waals surface area contributed by atoms with Crippen molar-refractivity contribution in [2.45, 2.75) is 32.4 Å². The molecule has 0 saturated carbocycles. The monoisotopic (exact) mass is 441 g/mol.